The molecule has 7 atom stereocenters. The summed E-state index contributed by atoms with van der Waals surface area (Å²) in [4.78, 5) is 35.6. The number of esters is 2. The fourth-order valence-corrected chi connectivity index (χ4v) is 7.72. The summed E-state index contributed by atoms with van der Waals surface area (Å²) in [5.41, 5.74) is 0. The van der Waals surface area contributed by atoms with Crippen LogP contribution in [0, 0.1) is 11.8 Å². The molecule has 0 radical (unpaired) electrons. The molecule has 4 N–H and O–H groups in total. The van der Waals surface area contributed by atoms with E-state index in [1.54, 1.807) is 6.08 Å². The lowest BCUT2D eigenvalue weighted by Crippen LogP contribution is -2.37. The van der Waals surface area contributed by atoms with Gasteiger partial charge in [0.25, 0.3) is 0 Å². The first kappa shape index (κ1) is 56.6. The van der Waals surface area contributed by atoms with Crippen molar-refractivity contribution >= 4 is 19.8 Å². The van der Waals surface area contributed by atoms with E-state index in [0.717, 1.165) is 96.3 Å². The quantitative estimate of drug-likeness (QED) is 0.0154. The molecule has 1 rings (SSSR count). The SMILES string of the molecule is CC/C=C\C/C=C\C/C=C\C/C=C\CCCCCCC(=O)OC[C@H](COP(=O)(O)OCC[N+](C)(C)C)OC(=O)CCCCCC[C@@H]1[C@@H](/C=C/[C@@H](O)CCCCC)[C@H](O)C[C@@H]1O. The number of hydrogen-bond acceptors (Lipinski definition) is 10. The highest BCUT2D eigenvalue weighted by molar-refractivity contribution is 7.47. The van der Waals surface area contributed by atoms with Crippen LogP contribution in [-0.2, 0) is 32.7 Å². The monoisotopic (exact) mass is 883 g/mol. The highest BCUT2D eigenvalue weighted by Gasteiger charge is 2.39. The number of quaternary nitrogens is 1. The van der Waals surface area contributed by atoms with E-state index in [2.05, 4.69) is 62.5 Å². The smallest absolute Gasteiger partial charge is 0.462 e. The standard InChI is InChI=1S/C48H84NO11P/c1-6-8-10-11-12-13-14-15-16-17-18-19-20-21-22-23-28-32-47(53)57-39-42(40-59-61(55,56)58-37-36-49(3,4)5)60-48(54)33-29-25-24-27-31-43-44(46(52)38-45(43)51)35-34-41(50)30-26-9-7-2/h8,10,12-13,15-16,18-19,34-35,41-46,50-52H,6-7,9,11,14,17,20-33,36-40H2,1-5H3/p+1/b10-8-,13-12-,16-15-,19-18-,35-34+/t41-,42+,43+,44+,45-,46+/m0/s1. The maximum absolute atomic E-state index is 12.8. The van der Waals surface area contributed by atoms with Crippen molar-refractivity contribution in [2.24, 2.45) is 11.8 Å². The van der Waals surface area contributed by atoms with E-state index in [1.165, 1.54) is 0 Å². The minimum absolute atomic E-state index is 0.0138. The van der Waals surface area contributed by atoms with Gasteiger partial charge < -0.3 is 34.2 Å². The molecule has 0 spiro atoms. The van der Waals surface area contributed by atoms with Crippen LogP contribution in [0.25, 0.3) is 0 Å². The second-order valence-electron chi connectivity index (χ2n) is 17.4. The highest BCUT2D eigenvalue weighted by atomic mass is 31.2. The van der Waals surface area contributed by atoms with Gasteiger partial charge >= 0.3 is 19.8 Å². The molecule has 1 aliphatic rings. The Balaban J connectivity index is 2.48. The van der Waals surface area contributed by atoms with Gasteiger partial charge in [-0.2, -0.15) is 0 Å². The third-order valence-electron chi connectivity index (χ3n) is 10.6. The molecule has 13 heteroatoms. The second kappa shape index (κ2) is 35.0. The number of unbranched alkanes of at least 4 members (excludes halogenated alkanes) is 9. The average molecular weight is 883 g/mol. The summed E-state index contributed by atoms with van der Waals surface area (Å²) in [5, 5.41) is 31.5. The van der Waals surface area contributed by atoms with Crippen LogP contribution in [0.15, 0.2) is 60.8 Å². The number of phosphoric acid groups is 1. The summed E-state index contributed by atoms with van der Waals surface area (Å²) < 4.78 is 34.3. The van der Waals surface area contributed by atoms with Crippen molar-refractivity contribution in [3.63, 3.8) is 0 Å². The molecule has 0 aromatic carbocycles. The lowest BCUT2D eigenvalue weighted by atomic mass is 9.88. The molecule has 0 saturated heterocycles. The van der Waals surface area contributed by atoms with E-state index >= 15 is 0 Å². The zero-order valence-corrected chi connectivity index (χ0v) is 39.4. The predicted octanol–water partition coefficient (Wildman–Crippen LogP) is 9.62. The van der Waals surface area contributed by atoms with Gasteiger partial charge in [0, 0.05) is 25.2 Å². The Morgan fingerprint density at radius 2 is 1.34 bits per heavy atom. The highest BCUT2D eigenvalue weighted by Crippen LogP contribution is 2.43. The Morgan fingerprint density at radius 1 is 0.738 bits per heavy atom. The molecule has 0 aliphatic heterocycles. The maximum Gasteiger partial charge on any atom is 0.472 e. The second-order valence-corrected chi connectivity index (χ2v) is 18.8. The van der Waals surface area contributed by atoms with Crippen molar-refractivity contribution in [3.05, 3.63) is 60.8 Å². The van der Waals surface area contributed by atoms with Crippen molar-refractivity contribution in [2.75, 3.05) is 47.5 Å². The molecule has 0 aromatic rings. The molecule has 352 valence electrons. The molecule has 61 heavy (non-hydrogen) atoms. The molecule has 0 amide bonds. The fraction of sp³-hybridized carbons (Fsp3) is 0.750. The molecule has 0 heterocycles. The summed E-state index contributed by atoms with van der Waals surface area (Å²) >= 11 is 0. The van der Waals surface area contributed by atoms with E-state index in [1.807, 2.05) is 27.2 Å². The van der Waals surface area contributed by atoms with Crippen LogP contribution in [0.1, 0.15) is 149 Å². The van der Waals surface area contributed by atoms with Gasteiger partial charge in [-0.3, -0.25) is 18.6 Å². The lowest BCUT2D eigenvalue weighted by molar-refractivity contribution is -0.870. The van der Waals surface area contributed by atoms with Crippen LogP contribution < -0.4 is 0 Å². The van der Waals surface area contributed by atoms with E-state index in [4.69, 9.17) is 18.5 Å². The van der Waals surface area contributed by atoms with Gasteiger partial charge in [0.15, 0.2) is 6.10 Å². The normalized spacial score (nSPS) is 20.7. The number of allylic oxidation sites excluding steroid dienone is 8. The molecule has 12 nitrogen and oxygen atoms in total. The van der Waals surface area contributed by atoms with Crippen LogP contribution in [0.2, 0.25) is 0 Å². The summed E-state index contributed by atoms with van der Waals surface area (Å²) in [7, 11) is 1.32. The van der Waals surface area contributed by atoms with E-state index in [9.17, 15) is 34.4 Å². The molecule has 1 saturated carbocycles. The minimum Gasteiger partial charge on any atom is -0.462 e. The number of rotatable bonds is 37. The summed E-state index contributed by atoms with van der Waals surface area (Å²) in [6.45, 7) is 3.92. The van der Waals surface area contributed by atoms with Crippen LogP contribution >= 0.6 is 7.82 Å². The Labute approximate surface area is 369 Å². The van der Waals surface area contributed by atoms with Crippen molar-refractivity contribution < 1.29 is 57.4 Å². The largest absolute Gasteiger partial charge is 0.472 e. The zero-order chi connectivity index (χ0) is 45.2. The van der Waals surface area contributed by atoms with Crippen molar-refractivity contribution in [1.82, 2.24) is 0 Å². The molecule has 0 aromatic heterocycles. The van der Waals surface area contributed by atoms with E-state index < -0.39 is 50.8 Å². The number of ether oxygens (including phenoxy) is 2. The number of likely N-dealkylation sites (N-methyl/N-ethyl adjacent to an activating group) is 1. The van der Waals surface area contributed by atoms with Gasteiger partial charge in [-0.15, -0.1) is 0 Å². The van der Waals surface area contributed by atoms with Crippen molar-refractivity contribution in [2.45, 2.75) is 173 Å². The third-order valence-corrected chi connectivity index (χ3v) is 11.6. The minimum atomic E-state index is -4.45. The van der Waals surface area contributed by atoms with Gasteiger partial charge in [-0.05, 0) is 70.1 Å². The number of carbonyl (C=O) groups is 2. The molecular weight excluding hydrogens is 797 g/mol. The Hall–Kier alpha value is -2.41. The Morgan fingerprint density at radius 3 is 1.98 bits per heavy atom. The fourth-order valence-electron chi connectivity index (χ4n) is 6.98. The van der Waals surface area contributed by atoms with Gasteiger partial charge in [-0.25, -0.2) is 4.57 Å². The maximum atomic E-state index is 12.8. The zero-order valence-electron chi connectivity index (χ0n) is 38.5. The summed E-state index contributed by atoms with van der Waals surface area (Å²) in [6, 6.07) is 0. The first-order valence-electron chi connectivity index (χ1n) is 23.3. The van der Waals surface area contributed by atoms with Gasteiger partial charge in [0.1, 0.15) is 19.8 Å². The summed E-state index contributed by atoms with van der Waals surface area (Å²) in [6.07, 6.45) is 34.7. The number of phosphoric ester groups is 1. The first-order valence-corrected chi connectivity index (χ1v) is 24.8. The van der Waals surface area contributed by atoms with E-state index in [0.29, 0.717) is 36.7 Å². The van der Waals surface area contributed by atoms with Crippen LogP contribution in [0.5, 0.6) is 0 Å². The molecule has 0 bridgehead atoms. The van der Waals surface area contributed by atoms with Gasteiger partial charge in [-0.1, -0.05) is 126 Å². The first-order chi connectivity index (χ1) is 29.2. The average Bonchev–Trinajstić information content (AvgIpc) is 3.47. The summed E-state index contributed by atoms with van der Waals surface area (Å²) in [5.74, 6) is -1.27. The third kappa shape index (κ3) is 32.0. The van der Waals surface area contributed by atoms with Crippen LogP contribution in [0.3, 0.4) is 0 Å². The number of aliphatic hydroxyl groups is 3. The Kier molecular flexibility index (Phi) is 32.5. The number of aliphatic hydroxyl groups excluding tert-OH is 3. The topological polar surface area (TPSA) is 169 Å². The van der Waals surface area contributed by atoms with Gasteiger partial charge in [0.2, 0.25) is 0 Å². The Bertz CT molecular complexity index is 1340. The van der Waals surface area contributed by atoms with Crippen LogP contribution in [0.4, 0.5) is 0 Å². The lowest BCUT2D eigenvalue weighted by Gasteiger charge is -2.24. The van der Waals surface area contributed by atoms with Crippen molar-refractivity contribution in [3.8, 4) is 0 Å². The number of nitrogens with zero attached hydrogens (tertiary/aromatic N) is 1. The van der Waals surface area contributed by atoms with Crippen LogP contribution in [-0.4, -0.2) is 109 Å². The molecule has 1 unspecified atom stereocenters. The molecular formula is C48H85NO11P+. The van der Waals surface area contributed by atoms with Gasteiger partial charge in [0.05, 0.1) is 46.1 Å². The van der Waals surface area contributed by atoms with Crippen molar-refractivity contribution in [1.29, 1.82) is 0 Å². The number of carbonyl (C=O) groups excluding carboxylic acids is 2. The van der Waals surface area contributed by atoms with E-state index in [-0.39, 0.29) is 37.9 Å². The molecule has 1 fully saturated rings. The number of hydrogen-bond donors (Lipinski definition) is 4. The predicted molar refractivity (Wildman–Crippen MR) is 244 cm³/mol. The molecule has 1 aliphatic carbocycles.